The number of nitrogens with one attached hydrogen (secondary N) is 2. The summed E-state index contributed by atoms with van der Waals surface area (Å²) in [5, 5.41) is 14.3. The molecule has 1 rings (SSSR count). The van der Waals surface area contributed by atoms with Gasteiger partial charge in [0.05, 0.1) is 17.8 Å². The topological polar surface area (TPSA) is 78.4 Å². The number of carbonyl (C=O) groups is 2. The Morgan fingerprint density at radius 3 is 2.47 bits per heavy atom. The molecular formula is C13H17FN2O3. The summed E-state index contributed by atoms with van der Waals surface area (Å²) in [5.41, 5.74) is -0.422. The van der Waals surface area contributed by atoms with Gasteiger partial charge in [-0.25, -0.2) is 9.18 Å². The molecule has 0 saturated carbocycles. The monoisotopic (exact) mass is 268 g/mol. The number of anilines is 1. The molecule has 3 N–H and O–H groups in total. The van der Waals surface area contributed by atoms with E-state index >= 15 is 0 Å². The van der Waals surface area contributed by atoms with Crippen LogP contribution in [0.1, 0.15) is 31.1 Å². The number of aromatic carboxylic acids is 1. The van der Waals surface area contributed by atoms with Gasteiger partial charge in [-0.05, 0) is 39.0 Å². The SMILES string of the molecule is CC(C)(C)NCC(=O)Nc1ccc(F)cc1C(=O)O. The molecule has 1 aromatic rings. The molecule has 0 heterocycles. The van der Waals surface area contributed by atoms with Gasteiger partial charge in [-0.3, -0.25) is 4.79 Å². The second kappa shape index (κ2) is 5.79. The molecule has 19 heavy (non-hydrogen) atoms. The summed E-state index contributed by atoms with van der Waals surface area (Å²) in [7, 11) is 0. The maximum Gasteiger partial charge on any atom is 0.337 e. The van der Waals surface area contributed by atoms with Gasteiger partial charge in [0.25, 0.3) is 0 Å². The van der Waals surface area contributed by atoms with Gasteiger partial charge in [0, 0.05) is 5.54 Å². The largest absolute Gasteiger partial charge is 0.478 e. The second-order valence-electron chi connectivity index (χ2n) is 5.15. The first-order chi connectivity index (χ1) is 8.69. The van der Waals surface area contributed by atoms with Gasteiger partial charge >= 0.3 is 5.97 Å². The molecule has 0 atom stereocenters. The molecule has 0 saturated heterocycles. The predicted octanol–water partition coefficient (Wildman–Crippen LogP) is 1.85. The Kier molecular flexibility index (Phi) is 4.61. The Morgan fingerprint density at radius 2 is 1.95 bits per heavy atom. The number of halogens is 1. The minimum atomic E-state index is -1.29. The van der Waals surface area contributed by atoms with Crippen LogP contribution in [-0.2, 0) is 4.79 Å². The van der Waals surface area contributed by atoms with Crippen molar-refractivity contribution in [3.05, 3.63) is 29.6 Å². The Hall–Kier alpha value is -1.95. The van der Waals surface area contributed by atoms with Gasteiger partial charge in [-0.1, -0.05) is 0 Å². The van der Waals surface area contributed by atoms with Crippen LogP contribution in [0.5, 0.6) is 0 Å². The third kappa shape index (κ3) is 5.05. The summed E-state index contributed by atoms with van der Waals surface area (Å²) in [6, 6.07) is 3.20. The summed E-state index contributed by atoms with van der Waals surface area (Å²) >= 11 is 0. The van der Waals surface area contributed by atoms with Crippen LogP contribution >= 0.6 is 0 Å². The highest BCUT2D eigenvalue weighted by atomic mass is 19.1. The molecule has 0 aliphatic rings. The highest BCUT2D eigenvalue weighted by molar-refractivity contribution is 6.01. The van der Waals surface area contributed by atoms with Crippen LogP contribution in [0.4, 0.5) is 10.1 Å². The molecule has 0 bridgehead atoms. The molecule has 1 aromatic carbocycles. The van der Waals surface area contributed by atoms with Crippen molar-refractivity contribution >= 4 is 17.6 Å². The van der Waals surface area contributed by atoms with Crippen molar-refractivity contribution in [3.8, 4) is 0 Å². The summed E-state index contributed by atoms with van der Waals surface area (Å²) in [6.07, 6.45) is 0. The maximum absolute atomic E-state index is 13.0. The van der Waals surface area contributed by atoms with E-state index in [1.165, 1.54) is 6.07 Å². The molecule has 0 aliphatic heterocycles. The van der Waals surface area contributed by atoms with E-state index in [0.29, 0.717) is 0 Å². The van der Waals surface area contributed by atoms with Crippen LogP contribution in [0.2, 0.25) is 0 Å². The first-order valence-electron chi connectivity index (χ1n) is 5.77. The molecule has 5 nitrogen and oxygen atoms in total. The number of amides is 1. The van der Waals surface area contributed by atoms with Crippen molar-refractivity contribution in [1.29, 1.82) is 0 Å². The smallest absolute Gasteiger partial charge is 0.337 e. The molecule has 104 valence electrons. The van der Waals surface area contributed by atoms with E-state index in [9.17, 15) is 14.0 Å². The van der Waals surface area contributed by atoms with Crippen molar-refractivity contribution in [1.82, 2.24) is 5.32 Å². The zero-order chi connectivity index (χ0) is 14.6. The van der Waals surface area contributed by atoms with Crippen molar-refractivity contribution in [2.45, 2.75) is 26.3 Å². The fourth-order valence-corrected chi connectivity index (χ4v) is 1.34. The van der Waals surface area contributed by atoms with Crippen LogP contribution in [0.3, 0.4) is 0 Å². The third-order valence-corrected chi connectivity index (χ3v) is 2.27. The minimum absolute atomic E-state index is 0.0416. The van der Waals surface area contributed by atoms with Crippen LogP contribution in [0.15, 0.2) is 18.2 Å². The fourth-order valence-electron chi connectivity index (χ4n) is 1.34. The van der Waals surface area contributed by atoms with E-state index in [0.717, 1.165) is 12.1 Å². The lowest BCUT2D eigenvalue weighted by molar-refractivity contribution is -0.115. The van der Waals surface area contributed by atoms with Crippen LogP contribution in [0.25, 0.3) is 0 Å². The second-order valence-corrected chi connectivity index (χ2v) is 5.15. The van der Waals surface area contributed by atoms with E-state index in [2.05, 4.69) is 10.6 Å². The summed E-state index contributed by atoms with van der Waals surface area (Å²) in [6.45, 7) is 5.75. The number of hydrogen-bond acceptors (Lipinski definition) is 3. The summed E-state index contributed by atoms with van der Waals surface area (Å²) in [5.74, 6) is -2.34. The Morgan fingerprint density at radius 1 is 1.32 bits per heavy atom. The molecule has 0 unspecified atom stereocenters. The fraction of sp³-hybridized carbons (Fsp3) is 0.385. The van der Waals surface area contributed by atoms with Crippen molar-refractivity contribution in [3.63, 3.8) is 0 Å². The number of carboxylic acid groups (broad SMARTS) is 1. The van der Waals surface area contributed by atoms with Crippen molar-refractivity contribution < 1.29 is 19.1 Å². The van der Waals surface area contributed by atoms with Gasteiger partial charge in [0.2, 0.25) is 5.91 Å². The minimum Gasteiger partial charge on any atom is -0.478 e. The molecule has 0 spiro atoms. The lowest BCUT2D eigenvalue weighted by Gasteiger charge is -2.20. The third-order valence-electron chi connectivity index (χ3n) is 2.27. The quantitative estimate of drug-likeness (QED) is 0.778. The first-order valence-corrected chi connectivity index (χ1v) is 5.77. The van der Waals surface area contributed by atoms with Crippen molar-refractivity contribution in [2.75, 3.05) is 11.9 Å². The highest BCUT2D eigenvalue weighted by Gasteiger charge is 2.15. The Balaban J connectivity index is 2.77. The first kappa shape index (κ1) is 15.1. The molecule has 1 amide bonds. The zero-order valence-corrected chi connectivity index (χ0v) is 11.1. The van der Waals surface area contributed by atoms with E-state index < -0.39 is 11.8 Å². The summed E-state index contributed by atoms with van der Waals surface area (Å²) in [4.78, 5) is 22.6. The molecular weight excluding hydrogens is 251 g/mol. The van der Waals surface area contributed by atoms with Crippen LogP contribution in [-0.4, -0.2) is 29.1 Å². The van der Waals surface area contributed by atoms with E-state index in [4.69, 9.17) is 5.11 Å². The Bertz CT molecular complexity index is 495. The molecule has 0 fully saturated rings. The predicted molar refractivity (Wildman–Crippen MR) is 69.7 cm³/mol. The highest BCUT2D eigenvalue weighted by Crippen LogP contribution is 2.17. The Labute approximate surface area is 110 Å². The molecule has 6 heteroatoms. The van der Waals surface area contributed by atoms with Crippen molar-refractivity contribution in [2.24, 2.45) is 0 Å². The molecule has 0 aromatic heterocycles. The van der Waals surface area contributed by atoms with Gasteiger partial charge in [0.1, 0.15) is 5.82 Å². The number of hydrogen-bond donors (Lipinski definition) is 3. The average Bonchev–Trinajstić information content (AvgIpc) is 2.28. The van der Waals surface area contributed by atoms with E-state index in [1.807, 2.05) is 20.8 Å². The zero-order valence-electron chi connectivity index (χ0n) is 11.1. The number of carbonyl (C=O) groups excluding carboxylic acids is 1. The van der Waals surface area contributed by atoms with Crippen LogP contribution in [0, 0.1) is 5.82 Å². The van der Waals surface area contributed by atoms with Gasteiger partial charge < -0.3 is 15.7 Å². The van der Waals surface area contributed by atoms with Gasteiger partial charge in [0.15, 0.2) is 0 Å². The van der Waals surface area contributed by atoms with Gasteiger partial charge in [-0.15, -0.1) is 0 Å². The maximum atomic E-state index is 13.0. The molecule has 0 aliphatic carbocycles. The number of rotatable bonds is 4. The number of benzene rings is 1. The summed E-state index contributed by atoms with van der Waals surface area (Å²) < 4.78 is 13.0. The lowest BCUT2D eigenvalue weighted by atomic mass is 10.1. The average molecular weight is 268 g/mol. The normalized spacial score (nSPS) is 11.2. The van der Waals surface area contributed by atoms with E-state index in [1.54, 1.807) is 0 Å². The van der Waals surface area contributed by atoms with E-state index in [-0.39, 0.29) is 29.2 Å². The number of carboxylic acids is 1. The standard InChI is InChI=1S/C13H17FN2O3/c1-13(2,3)15-7-11(17)16-10-5-4-8(14)6-9(10)12(18)19/h4-6,15H,7H2,1-3H3,(H,16,17)(H,18,19). The molecule has 0 radical (unpaired) electrons. The van der Waals surface area contributed by atoms with Crippen LogP contribution < -0.4 is 10.6 Å². The lowest BCUT2D eigenvalue weighted by Crippen LogP contribution is -2.41. The van der Waals surface area contributed by atoms with Gasteiger partial charge in [-0.2, -0.15) is 0 Å².